The highest BCUT2D eigenvalue weighted by molar-refractivity contribution is 5.91. The van der Waals surface area contributed by atoms with Gasteiger partial charge in [-0.05, 0) is 6.92 Å². The first-order chi connectivity index (χ1) is 6.38. The maximum Gasteiger partial charge on any atom is 0.435 e. The minimum absolute atomic E-state index is 0.0326. The Morgan fingerprint density at radius 1 is 1.57 bits per heavy atom. The van der Waals surface area contributed by atoms with Crippen LogP contribution in [0.3, 0.4) is 0 Å². The molecule has 0 saturated carbocycles. The molecular weight excluding hydrogens is 201 g/mol. The Morgan fingerprint density at radius 3 is 2.50 bits per heavy atom. The summed E-state index contributed by atoms with van der Waals surface area (Å²) in [6, 6.07) is 0. The lowest BCUT2D eigenvalue weighted by Gasteiger charge is -2.07. The number of rotatable bonds is 2. The first-order valence-corrected chi connectivity index (χ1v) is 3.68. The molecule has 1 amide bonds. The smallest absolute Gasteiger partial charge is 0.364 e. The zero-order chi connectivity index (χ0) is 10.9. The molecule has 0 aliphatic carbocycles. The van der Waals surface area contributed by atoms with Crippen LogP contribution in [0.5, 0.6) is 0 Å². The van der Waals surface area contributed by atoms with Gasteiger partial charge in [-0.25, -0.2) is 4.68 Å². The summed E-state index contributed by atoms with van der Waals surface area (Å²) in [6.45, 7) is 1.42. The summed E-state index contributed by atoms with van der Waals surface area (Å²) in [6.07, 6.45) is -4.68. The summed E-state index contributed by atoms with van der Waals surface area (Å²) in [7, 11) is 0. The Labute approximate surface area is 76.7 Å². The Morgan fingerprint density at radius 2 is 2.14 bits per heavy atom. The number of aromatic nitrogens is 3. The lowest BCUT2D eigenvalue weighted by Crippen LogP contribution is -2.21. The molecule has 0 aliphatic rings. The maximum absolute atomic E-state index is 12.4. The molecule has 0 aliphatic heterocycles. The molecule has 1 rings (SSSR count). The van der Waals surface area contributed by atoms with Crippen LogP contribution in [0, 0.1) is 0 Å². The molecule has 0 saturated heterocycles. The standard InChI is InChI=1S/C6H7F3N4O/c1-2-13-4(6(7,8)9)3(5(10)14)11-12-13/h2H2,1H3,(H2,10,14). The van der Waals surface area contributed by atoms with Gasteiger partial charge in [-0.2, -0.15) is 13.2 Å². The van der Waals surface area contributed by atoms with E-state index in [4.69, 9.17) is 5.73 Å². The third-order valence-corrected chi connectivity index (χ3v) is 1.54. The fourth-order valence-electron chi connectivity index (χ4n) is 0.981. The molecular formula is C6H7F3N4O. The number of carbonyl (C=O) groups is 1. The van der Waals surface area contributed by atoms with Gasteiger partial charge >= 0.3 is 6.18 Å². The zero-order valence-corrected chi connectivity index (χ0v) is 7.17. The third-order valence-electron chi connectivity index (χ3n) is 1.54. The number of nitrogens with two attached hydrogens (primary N) is 1. The summed E-state index contributed by atoms with van der Waals surface area (Å²) >= 11 is 0. The van der Waals surface area contributed by atoms with Gasteiger partial charge in [-0.1, -0.05) is 5.21 Å². The van der Waals surface area contributed by atoms with Crippen LogP contribution in [0.1, 0.15) is 23.1 Å². The second kappa shape index (κ2) is 3.28. The molecule has 78 valence electrons. The number of halogens is 3. The van der Waals surface area contributed by atoms with Crippen LogP contribution in [-0.4, -0.2) is 20.9 Å². The summed E-state index contributed by atoms with van der Waals surface area (Å²) in [5.41, 5.74) is 2.68. The van der Waals surface area contributed by atoms with E-state index in [1.165, 1.54) is 6.92 Å². The van der Waals surface area contributed by atoms with Crippen LogP contribution in [0.2, 0.25) is 0 Å². The number of alkyl halides is 3. The predicted molar refractivity (Wildman–Crippen MR) is 39.2 cm³/mol. The second-order valence-electron chi connectivity index (χ2n) is 2.46. The van der Waals surface area contributed by atoms with Crippen molar-refractivity contribution in [2.24, 2.45) is 5.73 Å². The van der Waals surface area contributed by atoms with Gasteiger partial charge in [-0.3, -0.25) is 4.79 Å². The Kier molecular flexibility index (Phi) is 2.45. The molecule has 1 aromatic heterocycles. The van der Waals surface area contributed by atoms with Crippen LogP contribution in [0.15, 0.2) is 0 Å². The largest absolute Gasteiger partial charge is 0.435 e. The average molecular weight is 208 g/mol. The van der Waals surface area contributed by atoms with Crippen molar-refractivity contribution in [3.8, 4) is 0 Å². The molecule has 0 radical (unpaired) electrons. The lowest BCUT2D eigenvalue weighted by atomic mass is 10.3. The van der Waals surface area contributed by atoms with Crippen LogP contribution in [0.4, 0.5) is 13.2 Å². The van der Waals surface area contributed by atoms with E-state index < -0.39 is 23.5 Å². The van der Waals surface area contributed by atoms with Crippen molar-refractivity contribution in [1.82, 2.24) is 15.0 Å². The molecule has 0 bridgehead atoms. The van der Waals surface area contributed by atoms with Crippen LogP contribution >= 0.6 is 0 Å². The van der Waals surface area contributed by atoms with E-state index in [-0.39, 0.29) is 6.54 Å². The lowest BCUT2D eigenvalue weighted by molar-refractivity contribution is -0.144. The molecule has 14 heavy (non-hydrogen) atoms. The van der Waals surface area contributed by atoms with E-state index in [0.29, 0.717) is 4.68 Å². The summed E-state index contributed by atoms with van der Waals surface area (Å²) in [5, 5.41) is 6.24. The number of amides is 1. The second-order valence-corrected chi connectivity index (χ2v) is 2.46. The number of primary amides is 1. The molecule has 0 aromatic carbocycles. The Hall–Kier alpha value is -1.60. The van der Waals surface area contributed by atoms with Gasteiger partial charge in [-0.15, -0.1) is 5.10 Å². The van der Waals surface area contributed by atoms with Gasteiger partial charge in [0, 0.05) is 6.54 Å². The first-order valence-electron chi connectivity index (χ1n) is 3.68. The quantitative estimate of drug-likeness (QED) is 0.765. The molecule has 0 atom stereocenters. The minimum atomic E-state index is -4.68. The molecule has 0 spiro atoms. The van der Waals surface area contributed by atoms with Crippen molar-refractivity contribution in [2.45, 2.75) is 19.6 Å². The first kappa shape index (κ1) is 10.5. The van der Waals surface area contributed by atoms with Crippen molar-refractivity contribution in [1.29, 1.82) is 0 Å². The number of hydrogen-bond donors (Lipinski definition) is 1. The summed E-state index contributed by atoms with van der Waals surface area (Å²) in [5.74, 6) is -1.24. The van der Waals surface area contributed by atoms with Gasteiger partial charge in [0.15, 0.2) is 11.4 Å². The number of carbonyl (C=O) groups excluding carboxylic acids is 1. The van der Waals surface area contributed by atoms with Crippen molar-refractivity contribution in [2.75, 3.05) is 0 Å². The highest BCUT2D eigenvalue weighted by Gasteiger charge is 2.40. The normalized spacial score (nSPS) is 11.7. The highest BCUT2D eigenvalue weighted by Crippen LogP contribution is 2.30. The van der Waals surface area contributed by atoms with Crippen LogP contribution in [-0.2, 0) is 12.7 Å². The fraction of sp³-hybridized carbons (Fsp3) is 0.500. The van der Waals surface area contributed by atoms with E-state index >= 15 is 0 Å². The van der Waals surface area contributed by atoms with E-state index in [1.54, 1.807) is 0 Å². The SMILES string of the molecule is CCn1nnc(C(N)=O)c1C(F)(F)F. The van der Waals surface area contributed by atoms with Crippen molar-refractivity contribution < 1.29 is 18.0 Å². The molecule has 8 heteroatoms. The zero-order valence-electron chi connectivity index (χ0n) is 7.17. The molecule has 2 N–H and O–H groups in total. The van der Waals surface area contributed by atoms with Gasteiger partial charge in [0.05, 0.1) is 0 Å². The van der Waals surface area contributed by atoms with Gasteiger partial charge in [0.25, 0.3) is 5.91 Å². The summed E-state index contributed by atoms with van der Waals surface area (Å²) in [4.78, 5) is 10.6. The molecule has 5 nitrogen and oxygen atoms in total. The van der Waals surface area contributed by atoms with E-state index in [9.17, 15) is 18.0 Å². The summed E-state index contributed by atoms with van der Waals surface area (Å²) < 4.78 is 37.7. The minimum Gasteiger partial charge on any atom is -0.364 e. The van der Waals surface area contributed by atoms with E-state index in [2.05, 4.69) is 10.3 Å². The van der Waals surface area contributed by atoms with E-state index in [1.807, 2.05) is 0 Å². The maximum atomic E-state index is 12.4. The van der Waals surface area contributed by atoms with Gasteiger partial charge in [0.1, 0.15) is 0 Å². The molecule has 1 aromatic rings. The third kappa shape index (κ3) is 1.68. The monoisotopic (exact) mass is 208 g/mol. The number of aryl methyl sites for hydroxylation is 1. The number of nitrogens with zero attached hydrogens (tertiary/aromatic N) is 3. The topological polar surface area (TPSA) is 73.8 Å². The van der Waals surface area contributed by atoms with Crippen molar-refractivity contribution in [3.63, 3.8) is 0 Å². The molecule has 0 fully saturated rings. The van der Waals surface area contributed by atoms with Crippen molar-refractivity contribution in [3.05, 3.63) is 11.4 Å². The fourth-order valence-corrected chi connectivity index (χ4v) is 0.981. The van der Waals surface area contributed by atoms with Crippen molar-refractivity contribution >= 4 is 5.91 Å². The Bertz CT molecular complexity index is 356. The van der Waals surface area contributed by atoms with E-state index in [0.717, 1.165) is 0 Å². The highest BCUT2D eigenvalue weighted by atomic mass is 19.4. The number of hydrogen-bond acceptors (Lipinski definition) is 3. The van der Waals surface area contributed by atoms with Crippen LogP contribution < -0.4 is 5.73 Å². The Balaban J connectivity index is 3.34. The predicted octanol–water partition coefficient (Wildman–Crippen LogP) is 0.416. The van der Waals surface area contributed by atoms with Gasteiger partial charge in [0.2, 0.25) is 0 Å². The van der Waals surface area contributed by atoms with Gasteiger partial charge < -0.3 is 5.73 Å². The molecule has 0 unspecified atom stereocenters. The molecule has 1 heterocycles. The van der Waals surface area contributed by atoms with Crippen LogP contribution in [0.25, 0.3) is 0 Å². The average Bonchev–Trinajstić information content (AvgIpc) is 2.45.